The van der Waals surface area contributed by atoms with Crippen LogP contribution in [0.15, 0.2) is 66.7 Å². The van der Waals surface area contributed by atoms with Gasteiger partial charge in [0.25, 0.3) is 0 Å². The third-order valence-corrected chi connectivity index (χ3v) is 4.57. The lowest BCUT2D eigenvalue weighted by atomic mass is 9.92. The highest BCUT2D eigenvalue weighted by Crippen LogP contribution is 2.35. The normalized spacial score (nSPS) is 11.6. The molecule has 0 saturated carbocycles. The van der Waals surface area contributed by atoms with Crippen LogP contribution in [0.1, 0.15) is 30.5 Å². The van der Waals surface area contributed by atoms with Crippen molar-refractivity contribution in [2.24, 2.45) is 0 Å². The van der Waals surface area contributed by atoms with Crippen LogP contribution in [0.2, 0.25) is 0 Å². The van der Waals surface area contributed by atoms with Crippen molar-refractivity contribution < 1.29 is 19.4 Å². The predicted octanol–water partition coefficient (Wildman–Crippen LogP) is 3.89. The second-order valence-electron chi connectivity index (χ2n) is 6.53. The number of ether oxygens (including phenoxy) is 1. The number of nitrogens with one attached hydrogen (secondary N) is 2. The second-order valence-corrected chi connectivity index (χ2v) is 6.53. The minimum absolute atomic E-state index is 0.0909. The van der Waals surface area contributed by atoms with E-state index in [4.69, 9.17) is 4.74 Å². The Balaban J connectivity index is 1.87. The molecule has 2 amide bonds. The molecule has 0 aliphatic heterocycles. The molecule has 0 aliphatic carbocycles. The Morgan fingerprint density at radius 1 is 1.00 bits per heavy atom. The van der Waals surface area contributed by atoms with E-state index >= 15 is 0 Å². The molecule has 6 heteroatoms. The fourth-order valence-corrected chi connectivity index (χ4v) is 3.25. The molecule has 3 rings (SSSR count). The Morgan fingerprint density at radius 3 is 2.48 bits per heavy atom. The summed E-state index contributed by atoms with van der Waals surface area (Å²) in [5, 5.41) is 18.0. The lowest BCUT2D eigenvalue weighted by Crippen LogP contribution is -2.33. The summed E-state index contributed by atoms with van der Waals surface area (Å²) in [7, 11) is 0. The van der Waals surface area contributed by atoms with E-state index in [9.17, 15) is 14.7 Å². The van der Waals surface area contributed by atoms with Crippen LogP contribution in [0.5, 0.6) is 5.75 Å². The van der Waals surface area contributed by atoms with Crippen LogP contribution in [-0.2, 0) is 9.53 Å². The monoisotopic (exact) mass is 392 g/mol. The third kappa shape index (κ3) is 5.04. The zero-order valence-corrected chi connectivity index (χ0v) is 16.2. The molecule has 0 fully saturated rings. The summed E-state index contributed by atoms with van der Waals surface area (Å²) in [4.78, 5) is 24.0. The molecular formula is C23H24N2O4. The number of aromatic hydroxyl groups is 1. The van der Waals surface area contributed by atoms with Gasteiger partial charge < -0.3 is 20.5 Å². The molecule has 0 bridgehead atoms. The van der Waals surface area contributed by atoms with Crippen LogP contribution in [0.4, 0.5) is 4.79 Å². The quantitative estimate of drug-likeness (QED) is 0.569. The molecule has 0 unspecified atom stereocenters. The predicted molar refractivity (Wildman–Crippen MR) is 112 cm³/mol. The first-order valence-electron chi connectivity index (χ1n) is 9.55. The van der Waals surface area contributed by atoms with Gasteiger partial charge in [0.15, 0.2) is 0 Å². The Bertz CT molecular complexity index is 989. The van der Waals surface area contributed by atoms with Gasteiger partial charge in [-0.1, -0.05) is 60.7 Å². The molecule has 150 valence electrons. The fourth-order valence-electron chi connectivity index (χ4n) is 3.25. The van der Waals surface area contributed by atoms with Gasteiger partial charge in [-0.25, -0.2) is 4.79 Å². The maximum absolute atomic E-state index is 12.6. The highest BCUT2D eigenvalue weighted by atomic mass is 16.5. The Hall–Kier alpha value is -3.54. The van der Waals surface area contributed by atoms with Crippen LogP contribution >= 0.6 is 0 Å². The first-order valence-corrected chi connectivity index (χ1v) is 9.55. The summed E-state index contributed by atoms with van der Waals surface area (Å²) in [6.07, 6.45) is -0.458. The maximum Gasteiger partial charge on any atom is 0.407 e. The number of hydrogen-bond donors (Lipinski definition) is 3. The van der Waals surface area contributed by atoms with E-state index in [0.717, 1.165) is 16.3 Å². The van der Waals surface area contributed by atoms with E-state index in [-0.39, 0.29) is 31.2 Å². The van der Waals surface area contributed by atoms with Crippen molar-refractivity contribution in [2.75, 3.05) is 13.2 Å². The molecule has 0 aromatic heterocycles. The minimum atomic E-state index is -0.549. The van der Waals surface area contributed by atoms with Crippen molar-refractivity contribution in [1.29, 1.82) is 0 Å². The molecule has 3 aromatic carbocycles. The number of benzene rings is 3. The van der Waals surface area contributed by atoms with Crippen molar-refractivity contribution in [1.82, 2.24) is 10.6 Å². The van der Waals surface area contributed by atoms with Gasteiger partial charge in [-0.15, -0.1) is 0 Å². The average molecular weight is 392 g/mol. The molecule has 0 saturated heterocycles. The summed E-state index contributed by atoms with van der Waals surface area (Å²) in [6, 6.07) is 20.2. The number of fused-ring (bicyclic) bond motifs is 1. The number of carbonyl (C=O) groups excluding carboxylic acids is 2. The molecular weight excluding hydrogens is 368 g/mol. The van der Waals surface area contributed by atoms with E-state index in [1.54, 1.807) is 13.0 Å². The van der Waals surface area contributed by atoms with Crippen LogP contribution in [0.3, 0.4) is 0 Å². The molecule has 3 aromatic rings. The summed E-state index contributed by atoms with van der Waals surface area (Å²) >= 11 is 0. The molecule has 29 heavy (non-hydrogen) atoms. The van der Waals surface area contributed by atoms with Crippen LogP contribution in [-0.4, -0.2) is 30.3 Å². The number of carbonyl (C=O) groups is 2. The minimum Gasteiger partial charge on any atom is -0.508 e. The number of rotatable bonds is 7. The number of hydrogen-bond acceptors (Lipinski definition) is 4. The summed E-state index contributed by atoms with van der Waals surface area (Å²) in [5.74, 6) is -0.134. The van der Waals surface area contributed by atoms with Crippen molar-refractivity contribution in [3.05, 3.63) is 77.9 Å². The van der Waals surface area contributed by atoms with E-state index in [1.807, 2.05) is 60.7 Å². The van der Waals surface area contributed by atoms with Gasteiger partial charge >= 0.3 is 6.09 Å². The summed E-state index contributed by atoms with van der Waals surface area (Å²) in [6.45, 7) is 2.15. The van der Waals surface area contributed by atoms with E-state index in [0.29, 0.717) is 5.56 Å². The summed E-state index contributed by atoms with van der Waals surface area (Å²) in [5.41, 5.74) is 1.49. The number of alkyl carbamates (subject to hydrolysis) is 1. The van der Waals surface area contributed by atoms with Gasteiger partial charge in [0.1, 0.15) is 5.75 Å². The molecule has 3 N–H and O–H groups in total. The largest absolute Gasteiger partial charge is 0.508 e. The van der Waals surface area contributed by atoms with Crippen molar-refractivity contribution in [3.63, 3.8) is 0 Å². The van der Waals surface area contributed by atoms with Crippen LogP contribution in [0, 0.1) is 0 Å². The Morgan fingerprint density at radius 2 is 1.72 bits per heavy atom. The standard InChI is InChI=1S/C23H24N2O4/c1-2-29-23(28)24-15-14-20(27)25-22(17-9-4-3-5-10-17)21-18-11-7-6-8-16(18)12-13-19(21)26/h3-13,22,26H,2,14-15H2,1H3,(H,24,28)(H,25,27)/t22-/m0/s1. The van der Waals surface area contributed by atoms with Gasteiger partial charge in [0.05, 0.1) is 12.6 Å². The molecule has 1 atom stereocenters. The van der Waals surface area contributed by atoms with Gasteiger partial charge in [0.2, 0.25) is 5.91 Å². The first kappa shape index (κ1) is 20.2. The van der Waals surface area contributed by atoms with Gasteiger partial charge in [-0.2, -0.15) is 0 Å². The smallest absolute Gasteiger partial charge is 0.407 e. The van der Waals surface area contributed by atoms with Crippen LogP contribution < -0.4 is 10.6 Å². The van der Waals surface area contributed by atoms with E-state index in [2.05, 4.69) is 10.6 Å². The SMILES string of the molecule is CCOC(=O)NCCC(=O)N[C@@H](c1ccccc1)c1c(O)ccc2ccccc12. The molecule has 0 spiro atoms. The molecule has 6 nitrogen and oxygen atoms in total. The molecule has 0 aliphatic rings. The van der Waals surface area contributed by atoms with E-state index in [1.165, 1.54) is 0 Å². The summed E-state index contributed by atoms with van der Waals surface area (Å²) < 4.78 is 4.79. The molecule has 0 heterocycles. The van der Waals surface area contributed by atoms with Gasteiger partial charge in [-0.05, 0) is 29.3 Å². The zero-order valence-electron chi connectivity index (χ0n) is 16.2. The lowest BCUT2D eigenvalue weighted by Gasteiger charge is -2.22. The topological polar surface area (TPSA) is 87.7 Å². The zero-order chi connectivity index (χ0) is 20.6. The van der Waals surface area contributed by atoms with Crippen molar-refractivity contribution in [2.45, 2.75) is 19.4 Å². The van der Waals surface area contributed by atoms with E-state index < -0.39 is 12.1 Å². The van der Waals surface area contributed by atoms with Gasteiger partial charge in [-0.3, -0.25) is 4.79 Å². The maximum atomic E-state index is 12.6. The highest BCUT2D eigenvalue weighted by Gasteiger charge is 2.22. The number of phenolic OH excluding ortho intramolecular Hbond substituents is 1. The third-order valence-electron chi connectivity index (χ3n) is 4.57. The second kappa shape index (κ2) is 9.59. The Kier molecular flexibility index (Phi) is 6.68. The number of phenols is 1. The van der Waals surface area contributed by atoms with Gasteiger partial charge in [0, 0.05) is 18.5 Å². The fraction of sp³-hybridized carbons (Fsp3) is 0.217. The highest BCUT2D eigenvalue weighted by molar-refractivity contribution is 5.89. The Labute approximate surface area is 169 Å². The first-order chi connectivity index (χ1) is 14.1. The van der Waals surface area contributed by atoms with Crippen molar-refractivity contribution >= 4 is 22.8 Å². The lowest BCUT2D eigenvalue weighted by molar-refractivity contribution is -0.121. The van der Waals surface area contributed by atoms with Crippen molar-refractivity contribution in [3.8, 4) is 5.75 Å². The molecule has 0 radical (unpaired) electrons. The number of amides is 2. The van der Waals surface area contributed by atoms with Crippen LogP contribution in [0.25, 0.3) is 10.8 Å². The average Bonchev–Trinajstić information content (AvgIpc) is 2.73.